The molecule has 33 heavy (non-hydrogen) atoms. The van der Waals surface area contributed by atoms with Gasteiger partial charge >= 0.3 is 0 Å². The Labute approximate surface area is 197 Å². The van der Waals surface area contributed by atoms with Crippen LogP contribution in [0.4, 0.5) is 4.39 Å². The Morgan fingerprint density at radius 3 is 2.58 bits per heavy atom. The van der Waals surface area contributed by atoms with Gasteiger partial charge in [-0.3, -0.25) is 9.97 Å². The Balaban J connectivity index is 1.63. The smallest absolute Gasteiger partial charge is 0.170 e. The van der Waals surface area contributed by atoms with Crippen LogP contribution in [-0.4, -0.2) is 24.5 Å². The highest BCUT2D eigenvalue weighted by Crippen LogP contribution is 2.42. The summed E-state index contributed by atoms with van der Waals surface area (Å²) in [6, 6.07) is 18.6. The first kappa shape index (κ1) is 21.3. The zero-order chi connectivity index (χ0) is 22.9. The topological polar surface area (TPSA) is 46.0 Å². The Morgan fingerprint density at radius 1 is 1.03 bits per heavy atom. The van der Waals surface area contributed by atoms with Gasteiger partial charge in [0, 0.05) is 36.5 Å². The Bertz CT molecular complexity index is 1290. The lowest BCUT2D eigenvalue weighted by atomic mass is 9.96. The average Bonchev–Trinajstić information content (AvgIpc) is 3.30. The van der Waals surface area contributed by atoms with Crippen LogP contribution < -0.4 is 5.32 Å². The van der Waals surface area contributed by atoms with E-state index in [1.165, 1.54) is 6.07 Å². The minimum absolute atomic E-state index is 0.112. The third-order valence-electron chi connectivity index (χ3n) is 6.16. The summed E-state index contributed by atoms with van der Waals surface area (Å²) in [4.78, 5) is 11.1. The van der Waals surface area contributed by atoms with E-state index in [-0.39, 0.29) is 17.9 Å². The second-order valence-electron chi connectivity index (χ2n) is 8.23. The number of rotatable bonds is 5. The summed E-state index contributed by atoms with van der Waals surface area (Å²) < 4.78 is 16.7. The van der Waals surface area contributed by atoms with Crippen molar-refractivity contribution in [2.75, 3.05) is 0 Å². The van der Waals surface area contributed by atoms with Crippen LogP contribution in [0.5, 0.6) is 0 Å². The van der Waals surface area contributed by atoms with Crippen molar-refractivity contribution in [3.8, 4) is 5.69 Å². The van der Waals surface area contributed by atoms with Crippen molar-refractivity contribution in [2.24, 2.45) is 0 Å². The summed E-state index contributed by atoms with van der Waals surface area (Å²) >= 11 is 5.79. The lowest BCUT2D eigenvalue weighted by molar-refractivity contribution is 0.310. The number of hydrogen-bond donors (Lipinski definition) is 1. The number of hydrogen-bond acceptors (Lipinski definition) is 3. The predicted molar refractivity (Wildman–Crippen MR) is 130 cm³/mol. The molecule has 1 fully saturated rings. The number of thiocarbonyl (C=S) groups is 1. The lowest BCUT2D eigenvalue weighted by Gasteiger charge is -2.28. The zero-order valence-corrected chi connectivity index (χ0v) is 19.3. The molecule has 0 spiro atoms. The molecule has 2 atom stereocenters. The van der Waals surface area contributed by atoms with Crippen LogP contribution >= 0.6 is 12.2 Å². The van der Waals surface area contributed by atoms with Crippen LogP contribution in [0, 0.1) is 19.7 Å². The van der Waals surface area contributed by atoms with Crippen LogP contribution in [0.15, 0.2) is 79.3 Å². The van der Waals surface area contributed by atoms with E-state index >= 15 is 0 Å². The molecule has 0 saturated carbocycles. The van der Waals surface area contributed by atoms with Crippen molar-refractivity contribution in [1.82, 2.24) is 24.8 Å². The van der Waals surface area contributed by atoms with Crippen molar-refractivity contribution in [1.29, 1.82) is 0 Å². The van der Waals surface area contributed by atoms with Crippen molar-refractivity contribution in [3.05, 3.63) is 113 Å². The van der Waals surface area contributed by atoms with Crippen molar-refractivity contribution in [2.45, 2.75) is 32.5 Å². The van der Waals surface area contributed by atoms with Gasteiger partial charge in [-0.2, -0.15) is 0 Å². The standard InChI is InChI=1S/C26H24FN5S/c1-17-14-20(18(2)32(17)23-11-4-3-9-21(23)27)25-24(22-10-5-6-13-29-22)30-26(33)31(25)16-19-8-7-12-28-15-19/h3-15,24-25H,16H2,1-2H3,(H,30,33)/t24-,25-/m0/s1. The van der Waals surface area contributed by atoms with E-state index in [1.807, 2.05) is 61.0 Å². The van der Waals surface area contributed by atoms with E-state index < -0.39 is 0 Å². The van der Waals surface area contributed by atoms with Gasteiger partial charge in [-0.25, -0.2) is 4.39 Å². The molecule has 5 nitrogen and oxygen atoms in total. The van der Waals surface area contributed by atoms with Crippen molar-refractivity contribution >= 4 is 17.3 Å². The lowest BCUT2D eigenvalue weighted by Crippen LogP contribution is -2.29. The summed E-state index contributed by atoms with van der Waals surface area (Å²) in [7, 11) is 0. The van der Waals surface area contributed by atoms with Gasteiger partial charge < -0.3 is 14.8 Å². The highest BCUT2D eigenvalue weighted by atomic mass is 32.1. The van der Waals surface area contributed by atoms with E-state index in [1.54, 1.807) is 24.5 Å². The Kier molecular flexibility index (Phi) is 5.64. The van der Waals surface area contributed by atoms with Gasteiger partial charge in [0.15, 0.2) is 5.11 Å². The Morgan fingerprint density at radius 2 is 1.85 bits per heavy atom. The van der Waals surface area contributed by atoms with Gasteiger partial charge in [-0.1, -0.05) is 24.3 Å². The van der Waals surface area contributed by atoms with Crippen LogP contribution in [0.1, 0.15) is 40.3 Å². The summed E-state index contributed by atoms with van der Waals surface area (Å²) in [5.74, 6) is -0.251. The molecule has 5 rings (SSSR count). The monoisotopic (exact) mass is 457 g/mol. The molecular formula is C26H24FN5S. The molecule has 1 aliphatic heterocycles. The molecule has 1 aliphatic rings. The summed E-state index contributed by atoms with van der Waals surface area (Å²) in [6.07, 6.45) is 5.42. The molecule has 0 aliphatic carbocycles. The van der Waals surface area contributed by atoms with Gasteiger partial charge in [0.25, 0.3) is 0 Å². The molecule has 0 amide bonds. The van der Waals surface area contributed by atoms with E-state index in [0.29, 0.717) is 17.3 Å². The Hall–Kier alpha value is -3.58. The molecule has 0 unspecified atom stereocenters. The first-order chi connectivity index (χ1) is 16.0. The maximum atomic E-state index is 14.7. The number of para-hydroxylation sites is 1. The maximum absolute atomic E-state index is 14.7. The molecule has 1 N–H and O–H groups in total. The fourth-order valence-electron chi connectivity index (χ4n) is 4.69. The minimum atomic E-state index is -0.251. The van der Waals surface area contributed by atoms with Crippen LogP contribution in [0.2, 0.25) is 0 Å². The molecule has 1 saturated heterocycles. The highest BCUT2D eigenvalue weighted by molar-refractivity contribution is 7.80. The molecule has 166 valence electrons. The number of aromatic nitrogens is 3. The number of nitrogens with zero attached hydrogens (tertiary/aromatic N) is 4. The summed E-state index contributed by atoms with van der Waals surface area (Å²) in [5, 5.41) is 4.15. The van der Waals surface area contributed by atoms with Crippen molar-refractivity contribution < 1.29 is 4.39 Å². The molecule has 3 aromatic heterocycles. The van der Waals surface area contributed by atoms with E-state index in [2.05, 4.69) is 26.3 Å². The number of aryl methyl sites for hydroxylation is 1. The molecule has 7 heteroatoms. The predicted octanol–water partition coefficient (Wildman–Crippen LogP) is 5.20. The minimum Gasteiger partial charge on any atom is -0.352 e. The number of pyridine rings is 2. The largest absolute Gasteiger partial charge is 0.352 e. The number of benzene rings is 1. The molecule has 4 aromatic rings. The molecular weight excluding hydrogens is 433 g/mol. The van der Waals surface area contributed by atoms with Gasteiger partial charge in [0.05, 0.1) is 23.5 Å². The molecule has 0 radical (unpaired) electrons. The molecule has 4 heterocycles. The van der Waals surface area contributed by atoms with E-state index in [0.717, 1.165) is 28.2 Å². The highest BCUT2D eigenvalue weighted by Gasteiger charge is 2.41. The summed E-state index contributed by atoms with van der Waals surface area (Å²) in [6.45, 7) is 4.65. The van der Waals surface area contributed by atoms with Crippen LogP contribution in [0.25, 0.3) is 5.69 Å². The van der Waals surface area contributed by atoms with Gasteiger partial charge in [-0.05, 0) is 73.6 Å². The van der Waals surface area contributed by atoms with Gasteiger partial charge in [0.1, 0.15) is 5.82 Å². The van der Waals surface area contributed by atoms with Gasteiger partial charge in [0.2, 0.25) is 0 Å². The third kappa shape index (κ3) is 3.89. The van der Waals surface area contributed by atoms with Gasteiger partial charge in [-0.15, -0.1) is 0 Å². The fraction of sp³-hybridized carbons (Fsp3) is 0.192. The normalized spacial score (nSPS) is 17.9. The number of nitrogens with one attached hydrogen (secondary N) is 1. The van der Waals surface area contributed by atoms with Crippen LogP contribution in [0.3, 0.4) is 0 Å². The first-order valence-electron chi connectivity index (χ1n) is 10.9. The van der Waals surface area contributed by atoms with Crippen molar-refractivity contribution in [3.63, 3.8) is 0 Å². The zero-order valence-electron chi connectivity index (χ0n) is 18.4. The number of halogens is 1. The van der Waals surface area contributed by atoms with E-state index in [4.69, 9.17) is 12.2 Å². The first-order valence-corrected chi connectivity index (χ1v) is 11.3. The molecule has 0 bridgehead atoms. The fourth-order valence-corrected chi connectivity index (χ4v) is 5.00. The molecule has 1 aromatic carbocycles. The quantitative estimate of drug-likeness (QED) is 0.418. The third-order valence-corrected chi connectivity index (χ3v) is 6.51. The maximum Gasteiger partial charge on any atom is 0.170 e. The SMILES string of the molecule is Cc1cc([C@H]2[C@H](c3ccccn3)NC(=S)N2Cc2cccnc2)c(C)n1-c1ccccc1F. The second-order valence-corrected chi connectivity index (χ2v) is 8.62. The summed E-state index contributed by atoms with van der Waals surface area (Å²) in [5.41, 5.74) is 5.55. The second kappa shape index (κ2) is 8.75. The average molecular weight is 458 g/mol. The van der Waals surface area contributed by atoms with Crippen LogP contribution in [-0.2, 0) is 6.54 Å². The van der Waals surface area contributed by atoms with E-state index in [9.17, 15) is 4.39 Å².